The Labute approximate surface area is 135 Å². The lowest BCUT2D eigenvalue weighted by molar-refractivity contribution is 0.0989. The Balaban J connectivity index is 1.80. The molecule has 1 aliphatic heterocycles. The zero-order chi connectivity index (χ0) is 16.0. The number of ether oxygens (including phenoxy) is 2. The summed E-state index contributed by atoms with van der Waals surface area (Å²) in [5, 5.41) is 0. The lowest BCUT2D eigenvalue weighted by Gasteiger charge is -2.26. The van der Waals surface area contributed by atoms with Gasteiger partial charge in [0.1, 0.15) is 0 Å². The topological polar surface area (TPSA) is 38.8 Å². The van der Waals surface area contributed by atoms with E-state index in [0.29, 0.717) is 17.4 Å². The smallest absolute Gasteiger partial charge is 0.259 e. The quantitative estimate of drug-likeness (QED) is 0.862. The van der Waals surface area contributed by atoms with Crippen LogP contribution in [0.2, 0.25) is 0 Å². The highest BCUT2D eigenvalue weighted by Crippen LogP contribution is 2.51. The van der Waals surface area contributed by atoms with Crippen LogP contribution in [0.1, 0.15) is 34.8 Å². The van der Waals surface area contributed by atoms with E-state index in [1.807, 2.05) is 41.3 Å². The van der Waals surface area contributed by atoms with Crippen molar-refractivity contribution in [2.75, 3.05) is 19.1 Å². The van der Waals surface area contributed by atoms with Crippen LogP contribution in [0.4, 0.5) is 5.69 Å². The zero-order valence-electron chi connectivity index (χ0n) is 13.3. The molecule has 1 atom stereocenters. The summed E-state index contributed by atoms with van der Waals surface area (Å²) < 4.78 is 10.7. The summed E-state index contributed by atoms with van der Waals surface area (Å²) in [4.78, 5) is 14.9. The van der Waals surface area contributed by atoms with Gasteiger partial charge in [0.2, 0.25) is 0 Å². The predicted molar refractivity (Wildman–Crippen MR) is 88.3 cm³/mol. The number of anilines is 1. The zero-order valence-corrected chi connectivity index (χ0v) is 13.3. The summed E-state index contributed by atoms with van der Waals surface area (Å²) in [6.45, 7) is 0. The maximum Gasteiger partial charge on any atom is 0.259 e. The van der Waals surface area contributed by atoms with Crippen molar-refractivity contribution < 1.29 is 14.3 Å². The molecule has 2 aliphatic rings. The van der Waals surface area contributed by atoms with Gasteiger partial charge in [0.25, 0.3) is 5.91 Å². The Hall–Kier alpha value is -2.49. The van der Waals surface area contributed by atoms with Crippen molar-refractivity contribution in [3.63, 3.8) is 0 Å². The van der Waals surface area contributed by atoms with E-state index < -0.39 is 0 Å². The van der Waals surface area contributed by atoms with E-state index in [2.05, 4.69) is 6.07 Å². The van der Waals surface area contributed by atoms with Crippen LogP contribution in [0.3, 0.4) is 0 Å². The van der Waals surface area contributed by atoms with Gasteiger partial charge in [-0.05, 0) is 42.5 Å². The van der Waals surface area contributed by atoms with Crippen LogP contribution in [0.15, 0.2) is 42.5 Å². The molecule has 1 saturated carbocycles. The lowest BCUT2D eigenvalue weighted by Crippen LogP contribution is -2.28. The highest BCUT2D eigenvalue weighted by Gasteiger charge is 2.45. The number of hydrogen-bond donors (Lipinski definition) is 0. The molecule has 0 aromatic heterocycles. The molecule has 2 aromatic rings. The molecular formula is C19H19NO3. The number of carbonyl (C=O) groups excluding carboxylic acids is 1. The molecule has 1 heterocycles. The van der Waals surface area contributed by atoms with E-state index in [-0.39, 0.29) is 11.9 Å². The van der Waals surface area contributed by atoms with Crippen molar-refractivity contribution in [2.24, 2.45) is 5.92 Å². The second-order valence-electron chi connectivity index (χ2n) is 6.08. The van der Waals surface area contributed by atoms with Crippen LogP contribution in [0, 0.1) is 5.92 Å². The minimum absolute atomic E-state index is 0.0738. The molecule has 1 amide bonds. The standard InChI is InChI=1S/C19H19NO3/c1-22-16-10-9-13(11-17(16)23-2)20-18(12-7-8-12)14-5-3-4-6-15(14)19(20)21/h3-6,9-12,18H,7-8H2,1-2H3. The highest BCUT2D eigenvalue weighted by molar-refractivity contribution is 6.11. The second kappa shape index (κ2) is 5.30. The third-order valence-electron chi connectivity index (χ3n) is 4.72. The van der Waals surface area contributed by atoms with Gasteiger partial charge in [0.15, 0.2) is 11.5 Å². The van der Waals surface area contributed by atoms with E-state index >= 15 is 0 Å². The molecule has 4 rings (SSSR count). The number of carbonyl (C=O) groups is 1. The van der Waals surface area contributed by atoms with E-state index in [9.17, 15) is 4.79 Å². The SMILES string of the molecule is COc1ccc(N2C(=O)c3ccccc3C2C2CC2)cc1OC. The summed E-state index contributed by atoms with van der Waals surface area (Å²) in [5.41, 5.74) is 2.83. The molecule has 23 heavy (non-hydrogen) atoms. The van der Waals surface area contributed by atoms with Gasteiger partial charge in [0, 0.05) is 17.3 Å². The summed E-state index contributed by atoms with van der Waals surface area (Å²) in [6, 6.07) is 13.8. The third-order valence-corrected chi connectivity index (χ3v) is 4.72. The number of rotatable bonds is 4. The molecule has 4 nitrogen and oxygen atoms in total. The van der Waals surface area contributed by atoms with E-state index in [0.717, 1.165) is 16.8 Å². The predicted octanol–water partition coefficient (Wildman–Crippen LogP) is 3.82. The molecule has 118 valence electrons. The molecule has 0 N–H and O–H groups in total. The molecule has 0 spiro atoms. The van der Waals surface area contributed by atoms with E-state index in [1.54, 1.807) is 14.2 Å². The van der Waals surface area contributed by atoms with Gasteiger partial charge < -0.3 is 14.4 Å². The van der Waals surface area contributed by atoms with Crippen LogP contribution in [0.5, 0.6) is 11.5 Å². The first kappa shape index (κ1) is 14.1. The maximum atomic E-state index is 12.9. The first-order valence-electron chi connectivity index (χ1n) is 7.89. The summed E-state index contributed by atoms with van der Waals surface area (Å²) in [5.74, 6) is 1.94. The first-order valence-corrected chi connectivity index (χ1v) is 7.89. The molecule has 0 radical (unpaired) electrons. The Bertz CT molecular complexity index is 767. The fraction of sp³-hybridized carbons (Fsp3) is 0.316. The van der Waals surface area contributed by atoms with Crippen molar-refractivity contribution >= 4 is 11.6 Å². The molecule has 1 unspecified atom stereocenters. The summed E-state index contributed by atoms with van der Waals surface area (Å²) >= 11 is 0. The molecule has 1 aliphatic carbocycles. The van der Waals surface area contributed by atoms with Crippen LogP contribution in [-0.2, 0) is 0 Å². The van der Waals surface area contributed by atoms with Gasteiger partial charge in [-0.25, -0.2) is 0 Å². The van der Waals surface area contributed by atoms with Gasteiger partial charge in [-0.15, -0.1) is 0 Å². The summed E-state index contributed by atoms with van der Waals surface area (Å²) in [7, 11) is 3.22. The van der Waals surface area contributed by atoms with E-state index in [4.69, 9.17) is 9.47 Å². The number of amides is 1. The van der Waals surface area contributed by atoms with Gasteiger partial charge in [-0.1, -0.05) is 18.2 Å². The Morgan fingerprint density at radius 3 is 2.43 bits per heavy atom. The van der Waals surface area contributed by atoms with Crippen LogP contribution >= 0.6 is 0 Å². The largest absolute Gasteiger partial charge is 0.493 e. The number of methoxy groups -OCH3 is 2. The number of hydrogen-bond acceptors (Lipinski definition) is 3. The average molecular weight is 309 g/mol. The second-order valence-corrected chi connectivity index (χ2v) is 6.08. The van der Waals surface area contributed by atoms with Crippen molar-refractivity contribution in [3.05, 3.63) is 53.6 Å². The van der Waals surface area contributed by atoms with E-state index in [1.165, 1.54) is 12.8 Å². The number of benzene rings is 2. The normalized spacial score (nSPS) is 19.7. The van der Waals surface area contributed by atoms with Crippen LogP contribution < -0.4 is 14.4 Å². The monoisotopic (exact) mass is 309 g/mol. The fourth-order valence-electron chi connectivity index (χ4n) is 3.47. The Morgan fingerprint density at radius 2 is 1.74 bits per heavy atom. The average Bonchev–Trinajstić information content (AvgIpc) is 3.39. The molecule has 1 fully saturated rings. The first-order chi connectivity index (χ1) is 11.2. The van der Waals surface area contributed by atoms with Crippen LogP contribution in [-0.4, -0.2) is 20.1 Å². The third kappa shape index (κ3) is 2.17. The minimum atomic E-state index is 0.0738. The Morgan fingerprint density at radius 1 is 1.00 bits per heavy atom. The van der Waals surface area contributed by atoms with Gasteiger partial charge in [-0.2, -0.15) is 0 Å². The molecule has 0 saturated heterocycles. The van der Waals surface area contributed by atoms with Crippen molar-refractivity contribution in [1.29, 1.82) is 0 Å². The van der Waals surface area contributed by atoms with Crippen LogP contribution in [0.25, 0.3) is 0 Å². The number of nitrogens with zero attached hydrogens (tertiary/aromatic N) is 1. The van der Waals surface area contributed by atoms with Gasteiger partial charge >= 0.3 is 0 Å². The van der Waals surface area contributed by atoms with Crippen molar-refractivity contribution in [1.82, 2.24) is 0 Å². The molecule has 4 heteroatoms. The number of fused-ring (bicyclic) bond motifs is 1. The molecule has 2 aromatic carbocycles. The highest BCUT2D eigenvalue weighted by atomic mass is 16.5. The molecule has 0 bridgehead atoms. The fourth-order valence-corrected chi connectivity index (χ4v) is 3.47. The van der Waals surface area contributed by atoms with Gasteiger partial charge in [-0.3, -0.25) is 4.79 Å². The van der Waals surface area contributed by atoms with Crippen molar-refractivity contribution in [2.45, 2.75) is 18.9 Å². The van der Waals surface area contributed by atoms with Gasteiger partial charge in [0.05, 0.1) is 20.3 Å². The molecular weight excluding hydrogens is 290 g/mol. The minimum Gasteiger partial charge on any atom is -0.493 e. The summed E-state index contributed by atoms with van der Waals surface area (Å²) in [6.07, 6.45) is 2.35. The lowest BCUT2D eigenvalue weighted by atomic mass is 10.0. The maximum absolute atomic E-state index is 12.9. The Kier molecular flexibility index (Phi) is 3.26. The van der Waals surface area contributed by atoms with Crippen molar-refractivity contribution in [3.8, 4) is 11.5 Å².